The molecule has 1 aliphatic rings. The lowest BCUT2D eigenvalue weighted by atomic mass is 10.2. The van der Waals surface area contributed by atoms with Crippen LogP contribution >= 0.6 is 15.9 Å². The number of aromatic nitrogens is 2. The summed E-state index contributed by atoms with van der Waals surface area (Å²) in [6, 6.07) is 8.14. The van der Waals surface area contributed by atoms with E-state index in [2.05, 4.69) is 49.1 Å². The molecule has 0 atom stereocenters. The number of morpholine rings is 1. The molecule has 1 fully saturated rings. The van der Waals surface area contributed by atoms with Crippen molar-refractivity contribution in [3.8, 4) is 0 Å². The van der Waals surface area contributed by atoms with Gasteiger partial charge in [-0.3, -0.25) is 0 Å². The molecule has 0 radical (unpaired) electrons. The number of rotatable bonds is 3. The maximum absolute atomic E-state index is 5.40. The highest BCUT2D eigenvalue weighted by atomic mass is 79.9. The number of halogens is 1. The molecule has 0 unspecified atom stereocenters. The van der Waals surface area contributed by atoms with Gasteiger partial charge >= 0.3 is 0 Å². The van der Waals surface area contributed by atoms with E-state index in [0.717, 1.165) is 48.0 Å². The van der Waals surface area contributed by atoms with Gasteiger partial charge in [0.2, 0.25) is 5.95 Å². The fraction of sp³-hybridized carbons (Fsp3) is 0.375. The summed E-state index contributed by atoms with van der Waals surface area (Å²) >= 11 is 3.55. The number of aryl methyl sites for hydroxylation is 2. The summed E-state index contributed by atoms with van der Waals surface area (Å²) in [5.41, 5.74) is 3.12. The second-order valence-electron chi connectivity index (χ2n) is 5.38. The summed E-state index contributed by atoms with van der Waals surface area (Å²) < 4.78 is 6.46. The molecule has 2 heterocycles. The first-order valence-corrected chi connectivity index (χ1v) is 8.13. The molecule has 1 aromatic heterocycles. The number of ether oxygens (including phenoxy) is 1. The number of nitrogens with one attached hydrogen (secondary N) is 1. The van der Waals surface area contributed by atoms with E-state index in [1.165, 1.54) is 5.56 Å². The zero-order chi connectivity index (χ0) is 15.5. The molecule has 6 heteroatoms. The van der Waals surface area contributed by atoms with E-state index in [-0.39, 0.29) is 0 Å². The SMILES string of the molecule is Cc1cc(N2CCOCC2)nc(Nc2ccc(C)c(Br)c2)n1. The average molecular weight is 363 g/mol. The smallest absolute Gasteiger partial charge is 0.229 e. The van der Waals surface area contributed by atoms with E-state index < -0.39 is 0 Å². The summed E-state index contributed by atoms with van der Waals surface area (Å²) in [5, 5.41) is 3.28. The average Bonchev–Trinajstić information content (AvgIpc) is 2.51. The standard InChI is InChI=1S/C16H19BrN4O/c1-11-3-4-13(10-14(11)17)19-16-18-12(2)9-15(20-16)21-5-7-22-8-6-21/h3-4,9-10H,5-8H2,1-2H3,(H,18,19,20). The Labute approximate surface area is 138 Å². The fourth-order valence-electron chi connectivity index (χ4n) is 2.36. The van der Waals surface area contributed by atoms with Crippen LogP contribution in [0, 0.1) is 13.8 Å². The highest BCUT2D eigenvalue weighted by Crippen LogP contribution is 2.23. The Morgan fingerprint density at radius 3 is 2.64 bits per heavy atom. The molecular weight excluding hydrogens is 344 g/mol. The van der Waals surface area contributed by atoms with Gasteiger partial charge in [-0.15, -0.1) is 0 Å². The van der Waals surface area contributed by atoms with Gasteiger partial charge in [0.05, 0.1) is 13.2 Å². The van der Waals surface area contributed by atoms with Crippen LogP contribution in [0.5, 0.6) is 0 Å². The van der Waals surface area contributed by atoms with Crippen molar-refractivity contribution >= 4 is 33.4 Å². The number of benzene rings is 1. The minimum atomic E-state index is 0.622. The Hall–Kier alpha value is -1.66. The first-order valence-electron chi connectivity index (χ1n) is 7.33. The van der Waals surface area contributed by atoms with E-state index in [0.29, 0.717) is 5.95 Å². The Morgan fingerprint density at radius 2 is 1.91 bits per heavy atom. The Morgan fingerprint density at radius 1 is 1.14 bits per heavy atom. The third kappa shape index (κ3) is 3.56. The van der Waals surface area contributed by atoms with E-state index in [4.69, 9.17) is 4.74 Å². The van der Waals surface area contributed by atoms with Crippen LogP contribution in [0.2, 0.25) is 0 Å². The predicted octanol–water partition coefficient (Wildman–Crippen LogP) is 3.44. The molecule has 0 amide bonds. The predicted molar refractivity (Wildman–Crippen MR) is 92.0 cm³/mol. The van der Waals surface area contributed by atoms with Gasteiger partial charge in [0, 0.05) is 35.0 Å². The molecule has 3 rings (SSSR count). The van der Waals surface area contributed by atoms with Crippen molar-refractivity contribution in [1.29, 1.82) is 0 Å². The molecule has 1 aromatic carbocycles. The molecule has 0 bridgehead atoms. The first kappa shape index (κ1) is 15.2. The summed E-state index contributed by atoms with van der Waals surface area (Å²) in [5.74, 6) is 1.57. The van der Waals surface area contributed by atoms with Crippen molar-refractivity contribution in [3.05, 3.63) is 40.0 Å². The lowest BCUT2D eigenvalue weighted by molar-refractivity contribution is 0.122. The van der Waals surface area contributed by atoms with Gasteiger partial charge < -0.3 is 15.0 Å². The minimum Gasteiger partial charge on any atom is -0.378 e. The van der Waals surface area contributed by atoms with Gasteiger partial charge in [0.1, 0.15) is 5.82 Å². The van der Waals surface area contributed by atoms with Crippen LogP contribution in [0.3, 0.4) is 0 Å². The quantitative estimate of drug-likeness (QED) is 0.906. The minimum absolute atomic E-state index is 0.622. The van der Waals surface area contributed by atoms with E-state index in [1.807, 2.05) is 25.1 Å². The van der Waals surface area contributed by atoms with Crippen molar-refractivity contribution in [1.82, 2.24) is 9.97 Å². The van der Waals surface area contributed by atoms with Gasteiger partial charge in [0.15, 0.2) is 0 Å². The van der Waals surface area contributed by atoms with Crippen LogP contribution in [0.25, 0.3) is 0 Å². The second kappa shape index (κ2) is 6.62. The molecule has 0 saturated carbocycles. The summed E-state index contributed by atoms with van der Waals surface area (Å²) in [6.45, 7) is 7.28. The number of hydrogen-bond donors (Lipinski definition) is 1. The van der Waals surface area contributed by atoms with Crippen molar-refractivity contribution < 1.29 is 4.74 Å². The maximum Gasteiger partial charge on any atom is 0.229 e. The molecule has 5 nitrogen and oxygen atoms in total. The van der Waals surface area contributed by atoms with Crippen molar-refractivity contribution in [2.24, 2.45) is 0 Å². The Bertz CT molecular complexity index is 671. The number of hydrogen-bond acceptors (Lipinski definition) is 5. The van der Waals surface area contributed by atoms with Crippen LogP contribution in [0.4, 0.5) is 17.5 Å². The van der Waals surface area contributed by atoms with Crippen molar-refractivity contribution in [3.63, 3.8) is 0 Å². The van der Waals surface area contributed by atoms with E-state index >= 15 is 0 Å². The van der Waals surface area contributed by atoms with Crippen LogP contribution in [-0.2, 0) is 4.74 Å². The van der Waals surface area contributed by atoms with Gasteiger partial charge in [-0.2, -0.15) is 4.98 Å². The summed E-state index contributed by atoms with van der Waals surface area (Å²) in [6.07, 6.45) is 0. The molecule has 116 valence electrons. The number of anilines is 3. The third-order valence-corrected chi connectivity index (χ3v) is 4.46. The normalized spacial score (nSPS) is 15.0. The molecule has 1 aliphatic heterocycles. The topological polar surface area (TPSA) is 50.3 Å². The zero-order valence-electron chi connectivity index (χ0n) is 12.8. The van der Waals surface area contributed by atoms with Crippen molar-refractivity contribution in [2.45, 2.75) is 13.8 Å². The van der Waals surface area contributed by atoms with Gasteiger partial charge in [-0.1, -0.05) is 22.0 Å². The highest BCUT2D eigenvalue weighted by Gasteiger charge is 2.14. The van der Waals surface area contributed by atoms with Gasteiger partial charge in [-0.05, 0) is 31.5 Å². The number of nitrogens with zero attached hydrogens (tertiary/aromatic N) is 3. The van der Waals surface area contributed by atoms with Gasteiger partial charge in [0.25, 0.3) is 0 Å². The van der Waals surface area contributed by atoms with Crippen LogP contribution in [-0.4, -0.2) is 36.3 Å². The first-order chi connectivity index (χ1) is 10.6. The maximum atomic E-state index is 5.40. The molecule has 0 spiro atoms. The van der Waals surface area contributed by atoms with E-state index in [1.54, 1.807) is 0 Å². The largest absolute Gasteiger partial charge is 0.378 e. The Kier molecular flexibility index (Phi) is 4.59. The molecule has 1 N–H and O–H groups in total. The Balaban J connectivity index is 1.83. The zero-order valence-corrected chi connectivity index (χ0v) is 14.4. The van der Waals surface area contributed by atoms with Crippen LogP contribution in [0.15, 0.2) is 28.7 Å². The summed E-state index contributed by atoms with van der Waals surface area (Å²) in [7, 11) is 0. The molecule has 1 saturated heterocycles. The summed E-state index contributed by atoms with van der Waals surface area (Å²) in [4.78, 5) is 11.3. The highest BCUT2D eigenvalue weighted by molar-refractivity contribution is 9.10. The van der Waals surface area contributed by atoms with Crippen LogP contribution in [0.1, 0.15) is 11.3 Å². The van der Waals surface area contributed by atoms with Gasteiger partial charge in [-0.25, -0.2) is 4.98 Å². The van der Waals surface area contributed by atoms with E-state index in [9.17, 15) is 0 Å². The fourth-order valence-corrected chi connectivity index (χ4v) is 2.74. The van der Waals surface area contributed by atoms with Crippen LogP contribution < -0.4 is 10.2 Å². The molecule has 2 aromatic rings. The monoisotopic (exact) mass is 362 g/mol. The second-order valence-corrected chi connectivity index (χ2v) is 6.23. The molecular formula is C16H19BrN4O. The third-order valence-electron chi connectivity index (χ3n) is 3.60. The molecule has 22 heavy (non-hydrogen) atoms. The lowest BCUT2D eigenvalue weighted by Gasteiger charge is -2.28. The van der Waals surface area contributed by atoms with Crippen molar-refractivity contribution in [2.75, 3.05) is 36.5 Å². The molecule has 0 aliphatic carbocycles. The lowest BCUT2D eigenvalue weighted by Crippen LogP contribution is -2.36.